The highest BCUT2D eigenvalue weighted by Crippen LogP contribution is 2.71. The van der Waals surface area contributed by atoms with E-state index in [1.807, 2.05) is 41.5 Å². The average Bonchev–Trinajstić information content (AvgIpc) is 4.09. The number of hydrogen-bond donors (Lipinski definition) is 1. The number of fused-ring (bicyclic) bond motifs is 10. The van der Waals surface area contributed by atoms with Gasteiger partial charge in [0.05, 0.1) is 41.3 Å². The van der Waals surface area contributed by atoms with Crippen molar-refractivity contribution >= 4 is 29.8 Å². The van der Waals surface area contributed by atoms with Crippen molar-refractivity contribution < 1.29 is 52.8 Å². The van der Waals surface area contributed by atoms with Crippen molar-refractivity contribution in [3.63, 3.8) is 0 Å². The Kier molecular flexibility index (Phi) is 12.1. The predicted molar refractivity (Wildman–Crippen MR) is 230 cm³/mol. The third-order valence-electron chi connectivity index (χ3n) is 19.2. The Morgan fingerprint density at radius 1 is 0.790 bits per heavy atom. The van der Waals surface area contributed by atoms with Gasteiger partial charge in [0.1, 0.15) is 23.4 Å². The summed E-state index contributed by atoms with van der Waals surface area (Å²) in [4.78, 5) is 61.1. The smallest absolute Gasteiger partial charge is 0.312 e. The lowest BCUT2D eigenvalue weighted by Gasteiger charge is -2.59. The fourth-order valence-electron chi connectivity index (χ4n) is 15.5. The van der Waals surface area contributed by atoms with Gasteiger partial charge in [-0.1, -0.05) is 34.6 Å². The van der Waals surface area contributed by atoms with E-state index < -0.39 is 34.9 Å². The quantitative estimate of drug-likeness (QED) is 0.121. The second-order valence-corrected chi connectivity index (χ2v) is 23.6. The van der Waals surface area contributed by atoms with E-state index >= 15 is 0 Å². The number of esters is 5. The topological polar surface area (TPSA) is 152 Å². The fraction of sp³-hybridized carbons (Fsp3) is 0.902. The van der Waals surface area contributed by atoms with Crippen LogP contribution in [-0.4, -0.2) is 71.1 Å². The molecule has 1 N–H and O–H groups in total. The lowest BCUT2D eigenvalue weighted by molar-refractivity contribution is -0.225. The largest absolute Gasteiger partial charge is 0.469 e. The van der Waals surface area contributed by atoms with Crippen molar-refractivity contribution in [2.45, 2.75) is 194 Å². The number of carbonyl (C=O) groups excluding carboxylic acids is 5. The summed E-state index contributed by atoms with van der Waals surface area (Å²) in [5.41, 5.74) is -1.78. The second kappa shape index (κ2) is 16.3. The van der Waals surface area contributed by atoms with Crippen molar-refractivity contribution in [3.05, 3.63) is 0 Å². The van der Waals surface area contributed by atoms with Crippen LogP contribution in [0.5, 0.6) is 0 Å². The zero-order valence-corrected chi connectivity index (χ0v) is 39.5. The van der Waals surface area contributed by atoms with E-state index in [0.717, 1.165) is 81.0 Å². The van der Waals surface area contributed by atoms with Crippen LogP contribution in [0.1, 0.15) is 165 Å². The second-order valence-electron chi connectivity index (χ2n) is 23.6. The standard InChI is InChI=1S/C20H32O2.C16H26O3.C15H20O6/c1-5-19(3,4)18(21)22-20(6-2)11-14-10-15(20)17-13-8-7-12(9-13)16(14)17;1-4-14(2,3)13(17)19-16-8-11-5-12(9-16)7-15(18,6-11)10-16;1-4-6(2)13(16)20-11-7-5-8-10(9(7)14(17)19-3)15(18)21-12(8)11/h12-17H,5-11H2,1-4H3;11-12,18H,4-10H2,1-3H3;6-12H,4-5H2,1-3H3. The van der Waals surface area contributed by atoms with Crippen LogP contribution in [0.2, 0.25) is 0 Å². The lowest BCUT2D eigenvalue weighted by Crippen LogP contribution is -2.61. The first-order chi connectivity index (χ1) is 29.2. The summed E-state index contributed by atoms with van der Waals surface area (Å²) in [6.07, 6.45) is 15.7. The molecule has 1 saturated heterocycles. The van der Waals surface area contributed by atoms with Crippen molar-refractivity contribution in [3.8, 4) is 0 Å². The molecule has 0 amide bonds. The van der Waals surface area contributed by atoms with Gasteiger partial charge < -0.3 is 28.8 Å². The zero-order valence-electron chi connectivity index (χ0n) is 39.5. The molecular formula is C51H78O11. The van der Waals surface area contributed by atoms with E-state index in [2.05, 4.69) is 13.8 Å². The van der Waals surface area contributed by atoms with Crippen molar-refractivity contribution in [2.24, 2.45) is 87.8 Å². The van der Waals surface area contributed by atoms with E-state index in [1.165, 1.54) is 39.2 Å². The molecule has 10 aliphatic carbocycles. The molecule has 348 valence electrons. The Labute approximate surface area is 370 Å². The average molecular weight is 867 g/mol. The van der Waals surface area contributed by atoms with Crippen molar-refractivity contribution in [1.29, 1.82) is 0 Å². The first kappa shape index (κ1) is 45.9. The van der Waals surface area contributed by atoms with Crippen LogP contribution in [0, 0.1) is 87.8 Å². The SMILES string of the molecule is CCC(C)(C)C(=O)OC1(CC)CC2CC1C1C3CCC(C3)C21.CCC(C)(C)C(=O)OC12CC3CC(CC(O)(C3)C1)C2.CCC(C)C(=O)OC1C2CC3C1OC(=O)C3C2C(=O)OC. The highest BCUT2D eigenvalue weighted by atomic mass is 16.6. The molecule has 62 heavy (non-hydrogen) atoms. The first-order valence-electron chi connectivity index (χ1n) is 24.8. The number of carbonyl (C=O) groups is 5. The normalized spacial score (nSPS) is 44.7. The number of ether oxygens (including phenoxy) is 5. The molecule has 1 aliphatic heterocycles. The van der Waals surface area contributed by atoms with E-state index in [9.17, 15) is 29.1 Å². The third kappa shape index (κ3) is 7.63. The van der Waals surface area contributed by atoms with Gasteiger partial charge in [-0.05, 0) is 165 Å². The van der Waals surface area contributed by atoms with E-state index in [-0.39, 0.29) is 64.4 Å². The summed E-state index contributed by atoms with van der Waals surface area (Å²) in [6.45, 7) is 18.0. The minimum Gasteiger partial charge on any atom is -0.469 e. The van der Waals surface area contributed by atoms with Crippen LogP contribution in [0.3, 0.4) is 0 Å². The van der Waals surface area contributed by atoms with Gasteiger partial charge in [0.15, 0.2) is 0 Å². The van der Waals surface area contributed by atoms with E-state index in [4.69, 9.17) is 23.7 Å². The molecule has 0 aromatic carbocycles. The van der Waals surface area contributed by atoms with Crippen LogP contribution < -0.4 is 0 Å². The summed E-state index contributed by atoms with van der Waals surface area (Å²) in [6, 6.07) is 0. The number of methoxy groups -OCH3 is 1. The molecule has 11 nitrogen and oxygen atoms in total. The molecule has 11 aliphatic rings. The Balaban J connectivity index is 0.000000128. The summed E-state index contributed by atoms with van der Waals surface area (Å²) < 4.78 is 28.1. The molecule has 0 radical (unpaired) electrons. The van der Waals surface area contributed by atoms with Crippen molar-refractivity contribution in [2.75, 3.05) is 7.11 Å². The predicted octanol–water partition coefficient (Wildman–Crippen LogP) is 8.79. The summed E-state index contributed by atoms with van der Waals surface area (Å²) in [7, 11) is 1.31. The molecule has 11 heteroatoms. The summed E-state index contributed by atoms with van der Waals surface area (Å²) >= 11 is 0. The van der Waals surface area contributed by atoms with Gasteiger partial charge in [-0.25, -0.2) is 0 Å². The third-order valence-corrected chi connectivity index (χ3v) is 19.2. The maximum atomic E-state index is 12.7. The monoisotopic (exact) mass is 867 g/mol. The van der Waals surface area contributed by atoms with Gasteiger partial charge in [0.2, 0.25) is 0 Å². The van der Waals surface area contributed by atoms with Crippen molar-refractivity contribution in [1.82, 2.24) is 0 Å². The molecule has 10 bridgehead atoms. The van der Waals surface area contributed by atoms with Gasteiger partial charge in [-0.3, -0.25) is 24.0 Å². The highest BCUT2D eigenvalue weighted by Gasteiger charge is 2.71. The fourth-order valence-corrected chi connectivity index (χ4v) is 15.5. The van der Waals surface area contributed by atoms with Crippen LogP contribution in [0.25, 0.3) is 0 Å². The molecule has 11 rings (SSSR count). The number of aliphatic hydroxyl groups is 1. The lowest BCUT2D eigenvalue weighted by atomic mass is 9.52. The molecule has 0 spiro atoms. The molecule has 11 fully saturated rings. The molecule has 0 aromatic rings. The Hall–Kier alpha value is -2.69. The van der Waals surface area contributed by atoms with Crippen LogP contribution in [0.4, 0.5) is 0 Å². The maximum absolute atomic E-state index is 12.7. The molecular weight excluding hydrogens is 789 g/mol. The summed E-state index contributed by atoms with van der Waals surface area (Å²) in [5.74, 6) is 4.02. The first-order valence-corrected chi connectivity index (χ1v) is 24.8. The van der Waals surface area contributed by atoms with Gasteiger partial charge in [-0.2, -0.15) is 0 Å². The Morgan fingerprint density at radius 2 is 1.40 bits per heavy atom. The minimum absolute atomic E-state index is 0.0265. The minimum atomic E-state index is -0.555. The van der Waals surface area contributed by atoms with Crippen LogP contribution in [0.15, 0.2) is 0 Å². The van der Waals surface area contributed by atoms with Gasteiger partial charge in [-0.15, -0.1) is 0 Å². The van der Waals surface area contributed by atoms with E-state index in [1.54, 1.807) is 6.92 Å². The summed E-state index contributed by atoms with van der Waals surface area (Å²) in [5, 5.41) is 10.6. The van der Waals surface area contributed by atoms with E-state index in [0.29, 0.717) is 37.0 Å². The maximum Gasteiger partial charge on any atom is 0.312 e. The molecule has 0 aromatic heterocycles. The number of hydrogen-bond acceptors (Lipinski definition) is 11. The zero-order chi connectivity index (χ0) is 44.9. The van der Waals surface area contributed by atoms with Crippen LogP contribution >= 0.6 is 0 Å². The molecule has 1 heterocycles. The molecule has 16 unspecified atom stereocenters. The molecule has 16 atom stereocenters. The van der Waals surface area contributed by atoms with Gasteiger partial charge in [0.25, 0.3) is 0 Å². The Morgan fingerprint density at radius 3 is 1.97 bits per heavy atom. The molecule has 10 saturated carbocycles. The van der Waals surface area contributed by atoms with Gasteiger partial charge >= 0.3 is 29.8 Å². The number of rotatable bonds is 11. The van der Waals surface area contributed by atoms with Gasteiger partial charge in [0, 0.05) is 24.2 Å². The van der Waals surface area contributed by atoms with Crippen LogP contribution in [-0.2, 0) is 47.7 Å². The Bertz CT molecular complexity index is 1750. The highest BCUT2D eigenvalue weighted by molar-refractivity contribution is 5.86.